The second kappa shape index (κ2) is 4.05. The van der Waals surface area contributed by atoms with Crippen LogP contribution in [0.25, 0.3) is 11.0 Å². The molecule has 1 saturated carbocycles. The third-order valence-corrected chi connectivity index (χ3v) is 3.69. The lowest BCUT2D eigenvalue weighted by molar-refractivity contribution is 0.0622. The molecule has 4 nitrogen and oxygen atoms in total. The average molecular weight is 244 g/mol. The van der Waals surface area contributed by atoms with Gasteiger partial charge in [0.05, 0.1) is 0 Å². The summed E-state index contributed by atoms with van der Waals surface area (Å²) in [4.78, 5) is 14.0. The van der Waals surface area contributed by atoms with Crippen LogP contribution in [-0.2, 0) is 0 Å². The minimum Gasteiger partial charge on any atom is -0.451 e. The number of carbonyl (C=O) groups is 1. The lowest BCUT2D eigenvalue weighted by Crippen LogP contribution is -2.41. The third kappa shape index (κ3) is 1.74. The Kier molecular flexibility index (Phi) is 2.51. The molecule has 4 heteroatoms. The van der Waals surface area contributed by atoms with Gasteiger partial charge in [-0.3, -0.25) is 4.79 Å². The molecular formula is C14H16N2O2. The fourth-order valence-electron chi connectivity index (χ4n) is 2.28. The highest BCUT2D eigenvalue weighted by Gasteiger charge is 2.27. The molecule has 1 aliphatic rings. The number of anilines is 1. The maximum absolute atomic E-state index is 12.2. The molecule has 1 heterocycles. The Balaban J connectivity index is 1.91. The van der Waals surface area contributed by atoms with Crippen LogP contribution in [0.2, 0.25) is 0 Å². The first-order valence-electron chi connectivity index (χ1n) is 6.21. The largest absolute Gasteiger partial charge is 0.451 e. The van der Waals surface area contributed by atoms with Gasteiger partial charge < -0.3 is 15.1 Å². The molecule has 1 aromatic carbocycles. The van der Waals surface area contributed by atoms with Gasteiger partial charge in [-0.05, 0) is 43.5 Å². The maximum Gasteiger partial charge on any atom is 0.289 e. The first-order valence-corrected chi connectivity index (χ1v) is 6.21. The molecule has 2 N–H and O–H groups in total. The van der Waals surface area contributed by atoms with E-state index in [1.54, 1.807) is 23.1 Å². The van der Waals surface area contributed by atoms with Gasteiger partial charge in [0.2, 0.25) is 0 Å². The highest BCUT2D eigenvalue weighted by atomic mass is 16.3. The molecule has 1 amide bonds. The minimum absolute atomic E-state index is 0.0468. The number of amides is 1. The number of nitrogens with two attached hydrogens (primary N) is 1. The van der Waals surface area contributed by atoms with E-state index >= 15 is 0 Å². The van der Waals surface area contributed by atoms with Crippen molar-refractivity contribution in [3.05, 3.63) is 30.0 Å². The van der Waals surface area contributed by atoms with Gasteiger partial charge in [0.15, 0.2) is 5.76 Å². The fourth-order valence-corrected chi connectivity index (χ4v) is 2.28. The Morgan fingerprint density at radius 1 is 1.39 bits per heavy atom. The van der Waals surface area contributed by atoms with E-state index in [2.05, 4.69) is 0 Å². The monoisotopic (exact) mass is 244 g/mol. The van der Waals surface area contributed by atoms with Crippen LogP contribution in [0.1, 0.15) is 29.8 Å². The lowest BCUT2D eigenvalue weighted by atomic mass is 9.92. The molecule has 0 radical (unpaired) electrons. The predicted octanol–water partition coefficient (Wildman–Crippen LogP) is 2.64. The van der Waals surface area contributed by atoms with Crippen molar-refractivity contribution < 1.29 is 9.21 Å². The lowest BCUT2D eigenvalue weighted by Gasteiger charge is -2.34. The molecule has 2 aromatic rings. The molecule has 0 saturated heterocycles. The van der Waals surface area contributed by atoms with Crippen molar-refractivity contribution in [1.82, 2.24) is 4.90 Å². The average Bonchev–Trinajstić information content (AvgIpc) is 2.68. The van der Waals surface area contributed by atoms with E-state index in [0.29, 0.717) is 23.1 Å². The van der Waals surface area contributed by atoms with Gasteiger partial charge in [-0.2, -0.15) is 0 Å². The first-order chi connectivity index (χ1) is 8.65. The first kappa shape index (κ1) is 11.1. The van der Waals surface area contributed by atoms with E-state index in [4.69, 9.17) is 10.2 Å². The minimum atomic E-state index is -0.0468. The van der Waals surface area contributed by atoms with Gasteiger partial charge in [0, 0.05) is 24.2 Å². The zero-order valence-corrected chi connectivity index (χ0v) is 10.3. The van der Waals surface area contributed by atoms with Crippen molar-refractivity contribution in [2.75, 3.05) is 12.8 Å². The van der Waals surface area contributed by atoms with Crippen LogP contribution in [-0.4, -0.2) is 23.9 Å². The van der Waals surface area contributed by atoms with Gasteiger partial charge in [-0.25, -0.2) is 0 Å². The second-order valence-corrected chi connectivity index (χ2v) is 4.91. The summed E-state index contributed by atoms with van der Waals surface area (Å²) >= 11 is 0. The van der Waals surface area contributed by atoms with Gasteiger partial charge in [0.25, 0.3) is 5.91 Å². The Hall–Kier alpha value is -1.97. The summed E-state index contributed by atoms with van der Waals surface area (Å²) in [5, 5.41) is 0.875. The molecule has 1 aliphatic carbocycles. The van der Waals surface area contributed by atoms with Gasteiger partial charge in [-0.1, -0.05) is 0 Å². The van der Waals surface area contributed by atoms with E-state index in [9.17, 15) is 4.79 Å². The standard InChI is InChI=1S/C14H16N2O2/c1-16(11-3-2-4-11)14(17)13-8-9-7-10(15)5-6-12(9)18-13/h5-8,11H,2-4,15H2,1H3. The molecule has 1 aromatic heterocycles. The Labute approximate surface area is 105 Å². The van der Waals surface area contributed by atoms with Crippen LogP contribution in [0.3, 0.4) is 0 Å². The number of furan rings is 1. The molecular weight excluding hydrogens is 228 g/mol. The van der Waals surface area contributed by atoms with E-state index < -0.39 is 0 Å². The number of fused-ring (bicyclic) bond motifs is 1. The van der Waals surface area contributed by atoms with Crippen LogP contribution in [0.5, 0.6) is 0 Å². The zero-order valence-electron chi connectivity index (χ0n) is 10.3. The smallest absolute Gasteiger partial charge is 0.289 e. The van der Waals surface area contributed by atoms with Gasteiger partial charge >= 0.3 is 0 Å². The van der Waals surface area contributed by atoms with Crippen LogP contribution in [0.4, 0.5) is 5.69 Å². The van der Waals surface area contributed by atoms with Gasteiger partial charge in [-0.15, -0.1) is 0 Å². The summed E-state index contributed by atoms with van der Waals surface area (Å²) in [5.74, 6) is 0.347. The van der Waals surface area contributed by atoms with Crippen molar-refractivity contribution in [3.63, 3.8) is 0 Å². The zero-order chi connectivity index (χ0) is 12.7. The molecule has 94 valence electrons. The van der Waals surface area contributed by atoms with E-state index in [0.717, 1.165) is 18.2 Å². The van der Waals surface area contributed by atoms with Gasteiger partial charge in [0.1, 0.15) is 5.58 Å². The number of nitrogen functional groups attached to an aromatic ring is 1. The molecule has 0 unspecified atom stereocenters. The van der Waals surface area contributed by atoms with Crippen molar-refractivity contribution in [2.45, 2.75) is 25.3 Å². The van der Waals surface area contributed by atoms with E-state index in [1.165, 1.54) is 6.42 Å². The fraction of sp³-hybridized carbons (Fsp3) is 0.357. The summed E-state index contributed by atoms with van der Waals surface area (Å²) in [7, 11) is 1.84. The molecule has 3 rings (SSSR count). The second-order valence-electron chi connectivity index (χ2n) is 4.91. The molecule has 0 spiro atoms. The molecule has 18 heavy (non-hydrogen) atoms. The maximum atomic E-state index is 12.2. The molecule has 1 fully saturated rings. The SMILES string of the molecule is CN(C(=O)c1cc2cc(N)ccc2o1)C1CCC1. The van der Waals surface area contributed by atoms with Crippen LogP contribution in [0, 0.1) is 0 Å². The van der Waals surface area contributed by atoms with Crippen molar-refractivity contribution in [3.8, 4) is 0 Å². The highest BCUT2D eigenvalue weighted by Crippen LogP contribution is 2.27. The number of carbonyl (C=O) groups excluding carboxylic acids is 1. The van der Waals surface area contributed by atoms with Crippen LogP contribution in [0.15, 0.2) is 28.7 Å². The van der Waals surface area contributed by atoms with Crippen LogP contribution >= 0.6 is 0 Å². The van der Waals surface area contributed by atoms with E-state index in [1.807, 2.05) is 13.1 Å². The van der Waals surface area contributed by atoms with Crippen molar-refractivity contribution in [1.29, 1.82) is 0 Å². The van der Waals surface area contributed by atoms with Crippen molar-refractivity contribution in [2.24, 2.45) is 0 Å². The van der Waals surface area contributed by atoms with Crippen molar-refractivity contribution >= 4 is 22.6 Å². The predicted molar refractivity (Wildman–Crippen MR) is 70.4 cm³/mol. The summed E-state index contributed by atoms with van der Waals surface area (Å²) in [6.07, 6.45) is 3.39. The number of hydrogen-bond acceptors (Lipinski definition) is 3. The summed E-state index contributed by atoms with van der Waals surface area (Å²) in [6.45, 7) is 0. The normalized spacial score (nSPS) is 15.6. The summed E-state index contributed by atoms with van der Waals surface area (Å²) < 4.78 is 5.58. The highest BCUT2D eigenvalue weighted by molar-refractivity contribution is 5.96. The summed E-state index contributed by atoms with van der Waals surface area (Å²) in [5.41, 5.74) is 7.09. The third-order valence-electron chi connectivity index (χ3n) is 3.69. The Morgan fingerprint density at radius 3 is 2.83 bits per heavy atom. The number of rotatable bonds is 2. The number of nitrogens with zero attached hydrogens (tertiary/aromatic N) is 1. The quantitative estimate of drug-likeness (QED) is 0.826. The summed E-state index contributed by atoms with van der Waals surface area (Å²) in [6, 6.07) is 7.53. The Bertz CT molecular complexity index is 599. The van der Waals surface area contributed by atoms with Crippen LogP contribution < -0.4 is 5.73 Å². The number of benzene rings is 1. The molecule has 0 bridgehead atoms. The molecule has 0 atom stereocenters. The van der Waals surface area contributed by atoms with E-state index in [-0.39, 0.29) is 5.91 Å². The molecule has 0 aliphatic heterocycles. The number of hydrogen-bond donors (Lipinski definition) is 1. The topological polar surface area (TPSA) is 59.5 Å². The Morgan fingerprint density at radius 2 is 2.17 bits per heavy atom.